The second-order valence-corrected chi connectivity index (χ2v) is 4.87. The smallest absolute Gasteiger partial charge is 0.121 e. The zero-order chi connectivity index (χ0) is 11.1. The Morgan fingerprint density at radius 3 is 2.12 bits per heavy atom. The van der Waals surface area contributed by atoms with Crippen molar-refractivity contribution < 1.29 is 5.21 Å². The van der Waals surface area contributed by atoms with Gasteiger partial charge >= 0.3 is 0 Å². The maximum Gasteiger partial charge on any atom is 0.121 e. The lowest BCUT2D eigenvalue weighted by Crippen LogP contribution is -2.27. The molecule has 0 aliphatic heterocycles. The molecule has 3 rings (SSSR count). The lowest BCUT2D eigenvalue weighted by molar-refractivity contribution is 0.226. The van der Waals surface area contributed by atoms with Crippen LogP contribution >= 0.6 is 12.4 Å². The number of aryl methyl sites for hydroxylation is 2. The van der Waals surface area contributed by atoms with E-state index in [0.29, 0.717) is 0 Å². The van der Waals surface area contributed by atoms with Crippen LogP contribution in [0.25, 0.3) is 0 Å². The summed E-state index contributed by atoms with van der Waals surface area (Å²) < 4.78 is 0. The molecule has 0 saturated carbocycles. The molecule has 0 radical (unpaired) electrons. The summed E-state index contributed by atoms with van der Waals surface area (Å²) >= 11 is 0. The highest BCUT2D eigenvalue weighted by Gasteiger charge is 2.26. The Kier molecular flexibility index (Phi) is 3.40. The molecular formula is C13H17ClN2O. The van der Waals surface area contributed by atoms with Crippen LogP contribution in [0.1, 0.15) is 28.7 Å². The van der Waals surface area contributed by atoms with Gasteiger partial charge in [0.05, 0.1) is 0 Å². The highest BCUT2D eigenvalue weighted by atomic mass is 35.5. The standard InChI is InChI=1S/C13H16N2O.ClH/c14-13(15-16)12-6-10-4-8-2-1-3-9(8)5-11(10)7-12;/h4-5,12,16H,1-3,6-7H2,(H2,14,15);1H. The van der Waals surface area contributed by atoms with Crippen LogP contribution in [0.3, 0.4) is 0 Å². The largest absolute Gasteiger partial charge is 0.290 e. The summed E-state index contributed by atoms with van der Waals surface area (Å²) in [5, 5.41) is 16.4. The number of nitrogens with one attached hydrogen (secondary N) is 2. The van der Waals surface area contributed by atoms with Crippen molar-refractivity contribution in [2.75, 3.05) is 0 Å². The Balaban J connectivity index is 0.00000108. The van der Waals surface area contributed by atoms with Crippen LogP contribution < -0.4 is 5.48 Å². The van der Waals surface area contributed by atoms with E-state index in [0.717, 1.165) is 12.8 Å². The number of halogens is 1. The molecule has 0 unspecified atom stereocenters. The monoisotopic (exact) mass is 252 g/mol. The Labute approximate surface area is 107 Å². The molecule has 0 spiro atoms. The molecular weight excluding hydrogens is 236 g/mol. The molecule has 4 heteroatoms. The molecule has 0 aromatic heterocycles. The van der Waals surface area contributed by atoms with Crippen LogP contribution in [0.5, 0.6) is 0 Å². The highest BCUT2D eigenvalue weighted by molar-refractivity contribution is 5.85. The molecule has 0 fully saturated rings. The average molecular weight is 253 g/mol. The maximum absolute atomic E-state index is 8.77. The van der Waals surface area contributed by atoms with E-state index in [2.05, 4.69) is 12.1 Å². The van der Waals surface area contributed by atoms with Gasteiger partial charge in [-0.1, -0.05) is 12.1 Å². The lowest BCUT2D eigenvalue weighted by atomic mass is 10.0. The molecule has 17 heavy (non-hydrogen) atoms. The van der Waals surface area contributed by atoms with Gasteiger partial charge in [0.15, 0.2) is 0 Å². The third kappa shape index (κ3) is 2.05. The average Bonchev–Trinajstić information content (AvgIpc) is 2.89. The maximum atomic E-state index is 8.77. The zero-order valence-electron chi connectivity index (χ0n) is 9.62. The summed E-state index contributed by atoms with van der Waals surface area (Å²) in [4.78, 5) is 0. The first-order chi connectivity index (χ1) is 7.78. The van der Waals surface area contributed by atoms with E-state index < -0.39 is 0 Å². The Bertz CT molecular complexity index is 426. The molecule has 3 N–H and O–H groups in total. The number of hydrogen-bond donors (Lipinski definition) is 3. The highest BCUT2D eigenvalue weighted by Crippen LogP contribution is 2.33. The van der Waals surface area contributed by atoms with Crippen molar-refractivity contribution in [3.05, 3.63) is 34.4 Å². The van der Waals surface area contributed by atoms with Gasteiger partial charge in [-0.3, -0.25) is 16.1 Å². The predicted octanol–water partition coefficient (Wildman–Crippen LogP) is 2.27. The number of hydroxylamine groups is 1. The van der Waals surface area contributed by atoms with Crippen LogP contribution in [-0.2, 0) is 25.7 Å². The molecule has 0 atom stereocenters. The van der Waals surface area contributed by atoms with Gasteiger partial charge < -0.3 is 0 Å². The fourth-order valence-electron chi connectivity index (χ4n) is 3.00. The minimum absolute atomic E-state index is 0. The van der Waals surface area contributed by atoms with Crippen molar-refractivity contribution in [1.29, 1.82) is 5.41 Å². The van der Waals surface area contributed by atoms with Gasteiger partial charge in [-0.15, -0.1) is 12.4 Å². The fraction of sp³-hybridized carbons (Fsp3) is 0.462. The summed E-state index contributed by atoms with van der Waals surface area (Å²) in [5.41, 5.74) is 7.75. The van der Waals surface area contributed by atoms with Gasteiger partial charge in [0.25, 0.3) is 0 Å². The van der Waals surface area contributed by atoms with E-state index in [-0.39, 0.29) is 24.2 Å². The second-order valence-electron chi connectivity index (χ2n) is 4.87. The van der Waals surface area contributed by atoms with E-state index in [9.17, 15) is 0 Å². The summed E-state index contributed by atoms with van der Waals surface area (Å²) in [6.07, 6.45) is 5.51. The van der Waals surface area contributed by atoms with Crippen molar-refractivity contribution in [1.82, 2.24) is 5.48 Å². The van der Waals surface area contributed by atoms with Crippen molar-refractivity contribution in [2.24, 2.45) is 5.92 Å². The van der Waals surface area contributed by atoms with Crippen LogP contribution in [0.2, 0.25) is 0 Å². The predicted molar refractivity (Wildman–Crippen MR) is 69.3 cm³/mol. The van der Waals surface area contributed by atoms with Crippen LogP contribution in [0.4, 0.5) is 0 Å². The lowest BCUT2D eigenvalue weighted by Gasteiger charge is -2.07. The van der Waals surface area contributed by atoms with E-state index in [1.807, 2.05) is 5.48 Å². The van der Waals surface area contributed by atoms with E-state index >= 15 is 0 Å². The van der Waals surface area contributed by atoms with Gasteiger partial charge in [0.2, 0.25) is 0 Å². The fourth-order valence-corrected chi connectivity index (χ4v) is 3.00. The minimum atomic E-state index is 0. The molecule has 0 amide bonds. The summed E-state index contributed by atoms with van der Waals surface area (Å²) in [6, 6.07) is 4.64. The SMILES string of the molecule is Cl.N=C(NO)C1Cc2cc3c(cc2C1)CCC3. The molecule has 2 aliphatic carbocycles. The van der Waals surface area contributed by atoms with Crippen LogP contribution in [0.15, 0.2) is 12.1 Å². The van der Waals surface area contributed by atoms with Crippen LogP contribution in [0, 0.1) is 11.3 Å². The first-order valence-corrected chi connectivity index (χ1v) is 5.90. The van der Waals surface area contributed by atoms with Crippen LogP contribution in [-0.4, -0.2) is 11.0 Å². The quantitative estimate of drug-likeness (QED) is 0.408. The Morgan fingerprint density at radius 1 is 1.12 bits per heavy atom. The van der Waals surface area contributed by atoms with Gasteiger partial charge in [0, 0.05) is 5.92 Å². The summed E-state index contributed by atoms with van der Waals surface area (Å²) in [5.74, 6) is 0.388. The number of benzene rings is 1. The van der Waals surface area contributed by atoms with Gasteiger partial charge in [-0.2, -0.15) is 0 Å². The number of amidine groups is 1. The number of fused-ring (bicyclic) bond motifs is 2. The third-order valence-corrected chi connectivity index (χ3v) is 3.88. The van der Waals surface area contributed by atoms with Crippen molar-refractivity contribution in [2.45, 2.75) is 32.1 Å². The second kappa shape index (κ2) is 4.67. The van der Waals surface area contributed by atoms with Gasteiger partial charge in [0.1, 0.15) is 5.84 Å². The third-order valence-electron chi connectivity index (χ3n) is 3.88. The molecule has 3 nitrogen and oxygen atoms in total. The van der Waals surface area contributed by atoms with Crippen molar-refractivity contribution in [3.8, 4) is 0 Å². The molecule has 1 aromatic carbocycles. The first-order valence-electron chi connectivity index (χ1n) is 5.90. The molecule has 0 heterocycles. The molecule has 0 bridgehead atoms. The Morgan fingerprint density at radius 2 is 1.65 bits per heavy atom. The van der Waals surface area contributed by atoms with Crippen molar-refractivity contribution >= 4 is 18.2 Å². The van der Waals surface area contributed by atoms with Gasteiger partial charge in [-0.05, 0) is 54.4 Å². The van der Waals surface area contributed by atoms with Gasteiger partial charge in [-0.25, -0.2) is 0 Å². The number of hydrogen-bond acceptors (Lipinski definition) is 2. The molecule has 92 valence electrons. The Hall–Kier alpha value is -1.06. The molecule has 1 aromatic rings. The molecule has 2 aliphatic rings. The summed E-state index contributed by atoms with van der Waals surface area (Å²) in [6.45, 7) is 0. The minimum Gasteiger partial charge on any atom is -0.290 e. The number of rotatable bonds is 1. The summed E-state index contributed by atoms with van der Waals surface area (Å²) in [7, 11) is 0. The topological polar surface area (TPSA) is 56.1 Å². The zero-order valence-corrected chi connectivity index (χ0v) is 10.4. The van der Waals surface area contributed by atoms with E-state index in [1.54, 1.807) is 0 Å². The first kappa shape index (κ1) is 12.4. The van der Waals surface area contributed by atoms with Crippen molar-refractivity contribution in [3.63, 3.8) is 0 Å². The van der Waals surface area contributed by atoms with E-state index in [4.69, 9.17) is 10.6 Å². The van der Waals surface area contributed by atoms with E-state index in [1.165, 1.54) is 41.5 Å². The molecule has 0 saturated heterocycles. The normalized spacial score (nSPS) is 17.2.